The molecule has 0 spiro atoms. The molecule has 0 aliphatic heterocycles. The lowest BCUT2D eigenvalue weighted by atomic mass is 9.93. The fraction of sp³-hybridized carbons (Fsp3) is 0. The number of nitrogens with zero attached hydrogens (tertiary/aromatic N) is 1. The molecule has 60 heavy (non-hydrogen) atoms. The van der Waals surface area contributed by atoms with Gasteiger partial charge in [-0.1, -0.05) is 176 Å². The van der Waals surface area contributed by atoms with E-state index in [2.05, 4.69) is 229 Å². The van der Waals surface area contributed by atoms with Crippen molar-refractivity contribution in [2.24, 2.45) is 0 Å². The molecular weight excluding hydrogens is 743 g/mol. The Hall–Kier alpha value is -7.52. The molecule has 0 fully saturated rings. The normalized spacial score (nSPS) is 11.7. The molecule has 0 aliphatic rings. The molecule has 0 amide bonds. The second kappa shape index (κ2) is 14.1. The highest BCUT2D eigenvalue weighted by atomic mass is 32.1. The third-order valence-corrected chi connectivity index (χ3v) is 13.4. The Kier molecular flexibility index (Phi) is 8.11. The van der Waals surface area contributed by atoms with Crippen LogP contribution < -0.4 is 4.90 Å². The maximum atomic E-state index is 2.42. The summed E-state index contributed by atoms with van der Waals surface area (Å²) >= 11 is 1.88. The molecule has 0 N–H and O–H groups in total. The lowest BCUT2D eigenvalue weighted by Crippen LogP contribution is -2.10. The molecule has 0 bridgehead atoms. The maximum Gasteiger partial charge on any atom is 0.0468 e. The summed E-state index contributed by atoms with van der Waals surface area (Å²) in [7, 11) is 0. The van der Waals surface area contributed by atoms with Gasteiger partial charge in [-0.2, -0.15) is 0 Å². The average Bonchev–Trinajstić information content (AvgIpc) is 3.71. The monoisotopic (exact) mass is 779 g/mol. The Labute approximate surface area is 352 Å². The van der Waals surface area contributed by atoms with Gasteiger partial charge in [-0.05, 0) is 125 Å². The molecule has 12 rings (SSSR count). The van der Waals surface area contributed by atoms with Gasteiger partial charge in [0.25, 0.3) is 0 Å². The van der Waals surface area contributed by atoms with Crippen LogP contribution in [0.3, 0.4) is 0 Å². The van der Waals surface area contributed by atoms with Gasteiger partial charge in [0.15, 0.2) is 0 Å². The van der Waals surface area contributed by atoms with Crippen LogP contribution in [-0.4, -0.2) is 0 Å². The molecule has 0 saturated heterocycles. The number of rotatable bonds is 6. The van der Waals surface area contributed by atoms with Crippen LogP contribution in [0.5, 0.6) is 0 Å². The van der Waals surface area contributed by atoms with Crippen LogP contribution in [0.1, 0.15) is 0 Å². The standard InChI is InChI=1S/C58H37NS/c1-2-19-46-38(13-1)14-11-25-47(46)42-17-9-15-40(35-42)41-16-10-18-44(36-41)59(45-33-34-53-51-22-4-3-20-49(51)50-21-5-6-23-52(50)56(53)37-45)43-31-29-39(30-32-43)48-26-12-27-55-54-24-7-8-28-57(54)60-58(48)55/h1-37H. The van der Waals surface area contributed by atoms with Crippen molar-refractivity contribution < 1.29 is 0 Å². The van der Waals surface area contributed by atoms with Crippen LogP contribution in [-0.2, 0) is 0 Å². The smallest absolute Gasteiger partial charge is 0.0468 e. The first-order chi connectivity index (χ1) is 29.7. The fourth-order valence-electron chi connectivity index (χ4n) is 9.41. The van der Waals surface area contributed by atoms with E-state index in [1.165, 1.54) is 96.6 Å². The summed E-state index contributed by atoms with van der Waals surface area (Å²) in [5.74, 6) is 0. The second-order valence-corrected chi connectivity index (χ2v) is 16.7. The molecule has 1 heterocycles. The first-order valence-electron chi connectivity index (χ1n) is 20.6. The third-order valence-electron chi connectivity index (χ3n) is 12.2. The molecule has 1 aromatic heterocycles. The number of thiophene rings is 1. The quantitative estimate of drug-likeness (QED) is 0.152. The van der Waals surface area contributed by atoms with Crippen LogP contribution in [0.25, 0.3) is 96.6 Å². The predicted molar refractivity (Wildman–Crippen MR) is 260 cm³/mol. The van der Waals surface area contributed by atoms with E-state index < -0.39 is 0 Å². The molecule has 11 aromatic carbocycles. The summed E-state index contributed by atoms with van der Waals surface area (Å²) in [4.78, 5) is 2.42. The minimum Gasteiger partial charge on any atom is -0.310 e. The average molecular weight is 780 g/mol. The Morgan fingerprint density at radius 2 is 0.783 bits per heavy atom. The first kappa shape index (κ1) is 34.5. The third kappa shape index (κ3) is 5.68. The van der Waals surface area contributed by atoms with Gasteiger partial charge in [-0.15, -0.1) is 11.3 Å². The minimum absolute atomic E-state index is 1.10. The molecule has 0 aliphatic carbocycles. The molecule has 2 heteroatoms. The Balaban J connectivity index is 1.02. The van der Waals surface area contributed by atoms with Gasteiger partial charge in [0.2, 0.25) is 0 Å². The van der Waals surface area contributed by atoms with Crippen molar-refractivity contribution in [2.75, 3.05) is 4.90 Å². The summed E-state index contributed by atoms with van der Waals surface area (Å²) in [5.41, 5.74) is 10.6. The predicted octanol–water partition coefficient (Wildman–Crippen LogP) is 17.1. The van der Waals surface area contributed by atoms with E-state index >= 15 is 0 Å². The Bertz CT molecular complexity index is 3570. The lowest BCUT2D eigenvalue weighted by Gasteiger charge is -2.27. The summed E-state index contributed by atoms with van der Waals surface area (Å²) in [6.45, 7) is 0. The summed E-state index contributed by atoms with van der Waals surface area (Å²) in [5, 5.41) is 12.8. The van der Waals surface area contributed by atoms with E-state index in [4.69, 9.17) is 0 Å². The highest BCUT2D eigenvalue weighted by Gasteiger charge is 2.18. The Morgan fingerprint density at radius 3 is 1.57 bits per heavy atom. The second-order valence-electron chi connectivity index (χ2n) is 15.6. The van der Waals surface area contributed by atoms with Gasteiger partial charge >= 0.3 is 0 Å². The van der Waals surface area contributed by atoms with Gasteiger partial charge in [0.05, 0.1) is 0 Å². The van der Waals surface area contributed by atoms with Gasteiger partial charge in [0.1, 0.15) is 0 Å². The topological polar surface area (TPSA) is 3.24 Å². The van der Waals surface area contributed by atoms with Crippen LogP contribution in [0, 0.1) is 0 Å². The summed E-state index contributed by atoms with van der Waals surface area (Å²) in [6, 6.07) is 82.5. The van der Waals surface area contributed by atoms with Gasteiger partial charge < -0.3 is 4.90 Å². The zero-order chi connectivity index (χ0) is 39.6. The highest BCUT2D eigenvalue weighted by molar-refractivity contribution is 7.26. The van der Waals surface area contributed by atoms with Gasteiger partial charge in [-0.25, -0.2) is 0 Å². The highest BCUT2D eigenvalue weighted by Crippen LogP contribution is 2.44. The van der Waals surface area contributed by atoms with Crippen LogP contribution in [0.4, 0.5) is 17.1 Å². The molecule has 0 unspecified atom stereocenters. The van der Waals surface area contributed by atoms with Crippen LogP contribution in [0.15, 0.2) is 224 Å². The maximum absolute atomic E-state index is 2.42. The number of fused-ring (bicyclic) bond motifs is 10. The lowest BCUT2D eigenvalue weighted by molar-refractivity contribution is 1.29. The molecule has 1 nitrogen and oxygen atoms in total. The Morgan fingerprint density at radius 1 is 0.267 bits per heavy atom. The number of benzene rings is 11. The molecule has 12 aromatic rings. The first-order valence-corrected chi connectivity index (χ1v) is 21.4. The summed E-state index contributed by atoms with van der Waals surface area (Å²) in [6.07, 6.45) is 0. The summed E-state index contributed by atoms with van der Waals surface area (Å²) < 4.78 is 2.65. The van der Waals surface area contributed by atoms with Gasteiger partial charge in [-0.3, -0.25) is 0 Å². The van der Waals surface area contributed by atoms with Gasteiger partial charge in [0, 0.05) is 37.2 Å². The van der Waals surface area contributed by atoms with Crippen molar-refractivity contribution in [3.05, 3.63) is 224 Å². The van der Waals surface area contributed by atoms with Crippen molar-refractivity contribution in [3.63, 3.8) is 0 Å². The molecule has 0 saturated carbocycles. The van der Waals surface area contributed by atoms with E-state index in [0.29, 0.717) is 0 Å². The minimum atomic E-state index is 1.10. The number of hydrogen-bond acceptors (Lipinski definition) is 2. The van der Waals surface area contributed by atoms with E-state index in [1.807, 2.05) is 11.3 Å². The molecular formula is C58H37NS. The zero-order valence-corrected chi connectivity index (χ0v) is 33.5. The van der Waals surface area contributed by atoms with E-state index in [1.54, 1.807) is 0 Å². The molecule has 0 atom stereocenters. The van der Waals surface area contributed by atoms with Crippen LogP contribution >= 0.6 is 11.3 Å². The van der Waals surface area contributed by atoms with E-state index in [0.717, 1.165) is 17.1 Å². The zero-order valence-electron chi connectivity index (χ0n) is 32.7. The SMILES string of the molecule is c1cc(-c2cccc(N(c3ccc(-c4cccc5c4sc4ccccc45)cc3)c3ccc4c5ccccc5c5ccccc5c4c3)c2)cc(-c2cccc3ccccc23)c1. The van der Waals surface area contributed by atoms with E-state index in [9.17, 15) is 0 Å². The molecule has 280 valence electrons. The number of hydrogen-bond donors (Lipinski definition) is 0. The van der Waals surface area contributed by atoms with Crippen molar-refractivity contribution in [3.8, 4) is 33.4 Å². The van der Waals surface area contributed by atoms with Crippen molar-refractivity contribution in [2.45, 2.75) is 0 Å². The van der Waals surface area contributed by atoms with Crippen molar-refractivity contribution in [1.29, 1.82) is 0 Å². The largest absolute Gasteiger partial charge is 0.310 e. The van der Waals surface area contributed by atoms with E-state index in [-0.39, 0.29) is 0 Å². The molecule has 0 radical (unpaired) electrons. The van der Waals surface area contributed by atoms with Crippen LogP contribution in [0.2, 0.25) is 0 Å². The van der Waals surface area contributed by atoms with Crippen molar-refractivity contribution in [1.82, 2.24) is 0 Å². The number of anilines is 3. The fourth-order valence-corrected chi connectivity index (χ4v) is 10.7. The van der Waals surface area contributed by atoms with Crippen molar-refractivity contribution >= 4 is 91.7 Å².